The summed E-state index contributed by atoms with van der Waals surface area (Å²) in [6, 6.07) is 37.6. The summed E-state index contributed by atoms with van der Waals surface area (Å²) in [6.45, 7) is 0. The van der Waals surface area contributed by atoms with E-state index in [0.29, 0.717) is 21.8 Å². The highest BCUT2D eigenvalue weighted by Gasteiger charge is 2.23. The van der Waals surface area contributed by atoms with Crippen LogP contribution in [0.5, 0.6) is 0 Å². The highest BCUT2D eigenvalue weighted by atomic mass is 35.5. The van der Waals surface area contributed by atoms with Gasteiger partial charge in [-0.15, -0.1) is 11.8 Å². The van der Waals surface area contributed by atoms with Gasteiger partial charge in [-0.25, -0.2) is 4.39 Å². The molecule has 0 saturated heterocycles. The summed E-state index contributed by atoms with van der Waals surface area (Å²) in [4.78, 5) is 40.3. The Hall–Kier alpha value is -5.18. The zero-order valence-corrected chi connectivity index (χ0v) is 25.3. The van der Waals surface area contributed by atoms with Crippen LogP contribution in [0.4, 0.5) is 15.8 Å². The number of nitrogens with one attached hydrogen (secondary N) is 3. The lowest BCUT2D eigenvalue weighted by Crippen LogP contribution is -2.30. The minimum Gasteiger partial charge on any atom is -0.322 e. The number of para-hydroxylation sites is 1. The Morgan fingerprint density at radius 1 is 0.711 bits per heavy atom. The number of carbonyl (C=O) groups is 3. The van der Waals surface area contributed by atoms with Crippen LogP contribution in [0.2, 0.25) is 5.02 Å². The fraction of sp³-hybridized carbons (Fsp3) is 0.0278. The number of carbonyl (C=O) groups excluding carboxylic acids is 3. The SMILES string of the molecule is O=C(Nc1ccc(SC(C(=O)Nc2ccccc2F)c2ccccc2)cc1)/C(=C/c1ccc(Cl)cc1)NC(=O)c1ccccc1. The quantitative estimate of drug-likeness (QED) is 0.106. The second-order valence-corrected chi connectivity index (χ2v) is 11.4. The third-order valence-electron chi connectivity index (χ3n) is 6.55. The molecule has 0 heterocycles. The zero-order chi connectivity index (χ0) is 31.6. The molecule has 5 aromatic rings. The average molecular weight is 636 g/mol. The second kappa shape index (κ2) is 15.0. The number of hydrogen-bond acceptors (Lipinski definition) is 4. The van der Waals surface area contributed by atoms with Crippen molar-refractivity contribution in [2.24, 2.45) is 0 Å². The molecule has 0 spiro atoms. The Bertz CT molecular complexity index is 1820. The predicted molar refractivity (Wildman–Crippen MR) is 178 cm³/mol. The molecular formula is C36H27ClFN3O3S. The Balaban J connectivity index is 1.32. The van der Waals surface area contributed by atoms with Crippen LogP contribution >= 0.6 is 23.4 Å². The topological polar surface area (TPSA) is 87.3 Å². The normalized spacial score (nSPS) is 11.7. The number of halogens is 2. The van der Waals surface area contributed by atoms with Gasteiger partial charge in [-0.05, 0) is 77.9 Å². The van der Waals surface area contributed by atoms with Crippen LogP contribution in [-0.4, -0.2) is 17.7 Å². The highest BCUT2D eigenvalue weighted by Crippen LogP contribution is 2.37. The van der Waals surface area contributed by atoms with Gasteiger partial charge in [0.1, 0.15) is 16.8 Å². The molecule has 5 aromatic carbocycles. The molecule has 1 atom stereocenters. The van der Waals surface area contributed by atoms with E-state index in [9.17, 15) is 18.8 Å². The number of rotatable bonds is 10. The fourth-order valence-electron chi connectivity index (χ4n) is 4.28. The van der Waals surface area contributed by atoms with E-state index in [1.165, 1.54) is 23.9 Å². The number of hydrogen-bond donors (Lipinski definition) is 3. The second-order valence-electron chi connectivity index (χ2n) is 9.79. The number of anilines is 2. The molecular weight excluding hydrogens is 609 g/mol. The monoisotopic (exact) mass is 635 g/mol. The van der Waals surface area contributed by atoms with Gasteiger partial charge in [0.25, 0.3) is 11.8 Å². The van der Waals surface area contributed by atoms with Crippen LogP contribution in [0, 0.1) is 5.82 Å². The van der Waals surface area contributed by atoms with Crippen LogP contribution in [0.15, 0.2) is 144 Å². The van der Waals surface area contributed by atoms with E-state index in [1.54, 1.807) is 97.1 Å². The van der Waals surface area contributed by atoms with Gasteiger partial charge < -0.3 is 16.0 Å². The summed E-state index contributed by atoms with van der Waals surface area (Å²) >= 11 is 7.30. The number of benzene rings is 5. The Morgan fingerprint density at radius 2 is 1.33 bits per heavy atom. The van der Waals surface area contributed by atoms with E-state index in [4.69, 9.17) is 11.6 Å². The lowest BCUT2D eigenvalue weighted by atomic mass is 10.1. The lowest BCUT2D eigenvalue weighted by Gasteiger charge is -2.18. The summed E-state index contributed by atoms with van der Waals surface area (Å²) < 4.78 is 14.3. The molecule has 1 unspecified atom stereocenters. The van der Waals surface area contributed by atoms with Crippen LogP contribution in [0.3, 0.4) is 0 Å². The highest BCUT2D eigenvalue weighted by molar-refractivity contribution is 8.00. The maximum atomic E-state index is 14.3. The first-order valence-corrected chi connectivity index (χ1v) is 15.1. The van der Waals surface area contributed by atoms with Gasteiger partial charge in [-0.3, -0.25) is 14.4 Å². The van der Waals surface area contributed by atoms with Crippen molar-refractivity contribution in [1.82, 2.24) is 5.32 Å². The first-order valence-electron chi connectivity index (χ1n) is 13.9. The van der Waals surface area contributed by atoms with Gasteiger partial charge in [0.15, 0.2) is 0 Å². The van der Waals surface area contributed by atoms with E-state index in [0.717, 1.165) is 10.5 Å². The maximum Gasteiger partial charge on any atom is 0.272 e. The van der Waals surface area contributed by atoms with E-state index < -0.39 is 22.9 Å². The molecule has 45 heavy (non-hydrogen) atoms. The van der Waals surface area contributed by atoms with Crippen molar-refractivity contribution in [3.05, 3.63) is 167 Å². The summed E-state index contributed by atoms with van der Waals surface area (Å²) in [6.07, 6.45) is 1.56. The van der Waals surface area contributed by atoms with Crippen LogP contribution in [-0.2, 0) is 9.59 Å². The minimum absolute atomic E-state index is 0.0404. The van der Waals surface area contributed by atoms with Gasteiger partial charge in [0.05, 0.1) is 5.69 Å². The molecule has 0 fully saturated rings. The van der Waals surface area contributed by atoms with E-state index in [2.05, 4.69) is 16.0 Å². The van der Waals surface area contributed by atoms with Crippen molar-refractivity contribution in [2.75, 3.05) is 10.6 Å². The zero-order valence-electron chi connectivity index (χ0n) is 23.7. The number of amides is 3. The lowest BCUT2D eigenvalue weighted by molar-refractivity contribution is -0.116. The van der Waals surface area contributed by atoms with Crippen molar-refractivity contribution >= 4 is 58.5 Å². The van der Waals surface area contributed by atoms with Gasteiger partial charge in [-0.2, -0.15) is 0 Å². The van der Waals surface area contributed by atoms with Crippen LogP contribution in [0.1, 0.15) is 26.7 Å². The molecule has 5 rings (SSSR count). The van der Waals surface area contributed by atoms with Crippen LogP contribution < -0.4 is 16.0 Å². The third-order valence-corrected chi connectivity index (χ3v) is 8.07. The van der Waals surface area contributed by atoms with Crippen molar-refractivity contribution < 1.29 is 18.8 Å². The Labute approximate surface area is 269 Å². The molecule has 3 amide bonds. The van der Waals surface area contributed by atoms with Crippen molar-refractivity contribution in [3.63, 3.8) is 0 Å². The summed E-state index contributed by atoms with van der Waals surface area (Å²) in [5, 5.41) is 8.10. The molecule has 224 valence electrons. The molecule has 0 aliphatic carbocycles. The number of thioether (sulfide) groups is 1. The third kappa shape index (κ3) is 8.69. The Kier molecular flexibility index (Phi) is 10.4. The minimum atomic E-state index is -0.673. The average Bonchev–Trinajstić information content (AvgIpc) is 3.06. The van der Waals surface area contributed by atoms with E-state index >= 15 is 0 Å². The smallest absolute Gasteiger partial charge is 0.272 e. The molecule has 0 aliphatic rings. The van der Waals surface area contributed by atoms with E-state index in [1.807, 2.05) is 30.3 Å². The Morgan fingerprint density at radius 3 is 2.00 bits per heavy atom. The van der Waals surface area contributed by atoms with Crippen molar-refractivity contribution in [1.29, 1.82) is 0 Å². The van der Waals surface area contributed by atoms with E-state index in [-0.39, 0.29) is 17.3 Å². The van der Waals surface area contributed by atoms with Crippen LogP contribution in [0.25, 0.3) is 6.08 Å². The predicted octanol–water partition coefficient (Wildman–Crippen LogP) is 8.36. The van der Waals surface area contributed by atoms with Gasteiger partial charge in [-0.1, -0.05) is 84.4 Å². The molecule has 0 aliphatic heterocycles. The van der Waals surface area contributed by atoms with Gasteiger partial charge >= 0.3 is 0 Å². The van der Waals surface area contributed by atoms with Crippen molar-refractivity contribution in [3.8, 4) is 0 Å². The summed E-state index contributed by atoms with van der Waals surface area (Å²) in [5.41, 5.74) is 2.45. The van der Waals surface area contributed by atoms with Crippen molar-refractivity contribution in [2.45, 2.75) is 10.1 Å². The molecule has 6 nitrogen and oxygen atoms in total. The molecule has 0 aromatic heterocycles. The first kappa shape index (κ1) is 31.3. The summed E-state index contributed by atoms with van der Waals surface area (Å²) in [5.74, 6) is -1.86. The van der Waals surface area contributed by atoms with Gasteiger partial charge in [0, 0.05) is 21.2 Å². The maximum absolute atomic E-state index is 14.3. The molecule has 3 N–H and O–H groups in total. The molecule has 0 radical (unpaired) electrons. The summed E-state index contributed by atoms with van der Waals surface area (Å²) in [7, 11) is 0. The molecule has 0 saturated carbocycles. The first-order chi connectivity index (χ1) is 21.9. The molecule has 9 heteroatoms. The largest absolute Gasteiger partial charge is 0.322 e. The standard InChI is InChI=1S/C36H27ClFN3O3S/c37-27-17-15-24(16-18-27)23-32(41-34(42)26-11-5-2-6-12-26)35(43)39-28-19-21-29(22-20-28)45-33(25-9-3-1-4-10-25)36(44)40-31-14-8-7-13-30(31)38/h1-23,33H,(H,39,43)(H,40,44)(H,41,42)/b32-23-. The fourth-order valence-corrected chi connectivity index (χ4v) is 5.43. The molecule has 0 bridgehead atoms. The van der Waals surface area contributed by atoms with Gasteiger partial charge in [0.2, 0.25) is 5.91 Å².